The van der Waals surface area contributed by atoms with Crippen LogP contribution >= 0.6 is 0 Å². The van der Waals surface area contributed by atoms with Crippen LogP contribution in [0.25, 0.3) is 0 Å². The van der Waals surface area contributed by atoms with Crippen LogP contribution in [-0.4, -0.2) is 6.61 Å². The van der Waals surface area contributed by atoms with Crippen molar-refractivity contribution in [2.75, 3.05) is 11.9 Å². The third-order valence-electron chi connectivity index (χ3n) is 5.37. The maximum atomic E-state index is 6.22. The van der Waals surface area contributed by atoms with Crippen molar-refractivity contribution in [3.05, 3.63) is 64.7 Å². The van der Waals surface area contributed by atoms with Gasteiger partial charge in [0.15, 0.2) is 0 Å². The molecule has 2 aromatic rings. The molecular formula is C21H25NO. The molecular weight excluding hydrogens is 282 g/mol. The predicted octanol–water partition coefficient (Wildman–Crippen LogP) is 5.19. The molecule has 0 radical (unpaired) electrons. The smallest absolute Gasteiger partial charge is 0.0895 e. The minimum absolute atomic E-state index is 0.232. The highest BCUT2D eigenvalue weighted by atomic mass is 16.5. The van der Waals surface area contributed by atoms with Crippen molar-refractivity contribution < 1.29 is 4.74 Å². The molecule has 23 heavy (non-hydrogen) atoms. The SMILES string of the molecule is CCc1ccc([C@H]2Nc3ccc(C)cc3[C@H]3OCCC[C@@H]23)cc1. The van der Waals surface area contributed by atoms with Gasteiger partial charge in [-0.05, 0) is 43.4 Å². The number of ether oxygens (including phenoxy) is 1. The Hall–Kier alpha value is -1.80. The molecule has 0 aliphatic carbocycles. The van der Waals surface area contributed by atoms with Crippen molar-refractivity contribution in [3.8, 4) is 0 Å². The van der Waals surface area contributed by atoms with Crippen LogP contribution < -0.4 is 5.32 Å². The van der Waals surface area contributed by atoms with Crippen molar-refractivity contribution in [2.24, 2.45) is 5.92 Å². The zero-order valence-electron chi connectivity index (χ0n) is 14.0. The third kappa shape index (κ3) is 2.66. The Morgan fingerprint density at radius 2 is 1.96 bits per heavy atom. The third-order valence-corrected chi connectivity index (χ3v) is 5.37. The summed E-state index contributed by atoms with van der Waals surface area (Å²) in [5.74, 6) is 0.519. The molecule has 0 bridgehead atoms. The Balaban J connectivity index is 1.73. The molecule has 0 saturated carbocycles. The standard InChI is InChI=1S/C21H25NO/c1-3-15-7-9-16(10-8-15)20-17-5-4-12-23-21(17)18-13-14(2)6-11-19(18)22-20/h6-11,13,17,20-22H,3-5,12H2,1-2H3/t17-,20+,21-/m0/s1. The minimum atomic E-state index is 0.232. The van der Waals surface area contributed by atoms with Gasteiger partial charge in [-0.2, -0.15) is 0 Å². The maximum Gasteiger partial charge on any atom is 0.0895 e. The Kier molecular flexibility index (Phi) is 3.86. The first-order chi connectivity index (χ1) is 11.3. The molecule has 1 fully saturated rings. The van der Waals surface area contributed by atoms with Crippen molar-refractivity contribution in [1.29, 1.82) is 0 Å². The first-order valence-corrected chi connectivity index (χ1v) is 8.84. The van der Waals surface area contributed by atoms with Crippen LogP contribution in [-0.2, 0) is 11.2 Å². The lowest BCUT2D eigenvalue weighted by Crippen LogP contribution is -2.36. The van der Waals surface area contributed by atoms with Gasteiger partial charge in [0.25, 0.3) is 0 Å². The normalized spacial score (nSPS) is 26.1. The van der Waals surface area contributed by atoms with Gasteiger partial charge < -0.3 is 10.1 Å². The molecule has 0 spiro atoms. The van der Waals surface area contributed by atoms with E-state index in [1.165, 1.54) is 34.4 Å². The van der Waals surface area contributed by atoms with Gasteiger partial charge >= 0.3 is 0 Å². The number of nitrogens with one attached hydrogen (secondary N) is 1. The number of rotatable bonds is 2. The van der Waals surface area contributed by atoms with E-state index < -0.39 is 0 Å². The van der Waals surface area contributed by atoms with Gasteiger partial charge in [-0.3, -0.25) is 0 Å². The van der Waals surface area contributed by atoms with E-state index in [-0.39, 0.29) is 6.10 Å². The first kappa shape index (κ1) is 14.8. The summed E-state index contributed by atoms with van der Waals surface area (Å²) in [5.41, 5.74) is 6.68. The van der Waals surface area contributed by atoms with Crippen LogP contribution in [0.2, 0.25) is 0 Å². The lowest BCUT2D eigenvalue weighted by Gasteiger charge is -2.43. The van der Waals surface area contributed by atoms with Gasteiger partial charge in [0.1, 0.15) is 0 Å². The second-order valence-electron chi connectivity index (χ2n) is 6.91. The van der Waals surface area contributed by atoms with E-state index in [4.69, 9.17) is 4.74 Å². The molecule has 2 aromatic carbocycles. The van der Waals surface area contributed by atoms with Gasteiger partial charge in [0, 0.05) is 23.8 Å². The second kappa shape index (κ2) is 6.01. The average Bonchev–Trinajstić information content (AvgIpc) is 2.61. The molecule has 2 aliphatic heterocycles. The molecule has 2 heteroatoms. The Morgan fingerprint density at radius 3 is 2.74 bits per heavy atom. The molecule has 1 saturated heterocycles. The number of fused-ring (bicyclic) bond motifs is 3. The maximum absolute atomic E-state index is 6.22. The van der Waals surface area contributed by atoms with Crippen LogP contribution in [0.3, 0.4) is 0 Å². The molecule has 0 unspecified atom stereocenters. The Labute approximate surface area is 138 Å². The molecule has 2 nitrogen and oxygen atoms in total. The Bertz CT molecular complexity index is 691. The lowest BCUT2D eigenvalue weighted by molar-refractivity contribution is -0.0381. The molecule has 0 amide bonds. The second-order valence-corrected chi connectivity index (χ2v) is 6.91. The van der Waals surface area contributed by atoms with Crippen molar-refractivity contribution in [3.63, 3.8) is 0 Å². The van der Waals surface area contributed by atoms with Crippen LogP contribution in [0.4, 0.5) is 5.69 Å². The van der Waals surface area contributed by atoms with E-state index in [0.29, 0.717) is 12.0 Å². The number of anilines is 1. The van der Waals surface area contributed by atoms with E-state index >= 15 is 0 Å². The Morgan fingerprint density at radius 1 is 1.13 bits per heavy atom. The lowest BCUT2D eigenvalue weighted by atomic mass is 9.77. The van der Waals surface area contributed by atoms with E-state index in [2.05, 4.69) is 61.6 Å². The monoisotopic (exact) mass is 307 g/mol. The summed E-state index contributed by atoms with van der Waals surface area (Å²) in [6.45, 7) is 5.25. The summed E-state index contributed by atoms with van der Waals surface area (Å²) in [7, 11) is 0. The number of hydrogen-bond acceptors (Lipinski definition) is 2. The van der Waals surface area contributed by atoms with Gasteiger partial charge in [-0.15, -0.1) is 0 Å². The van der Waals surface area contributed by atoms with E-state index in [9.17, 15) is 0 Å². The van der Waals surface area contributed by atoms with Crippen LogP contribution in [0.15, 0.2) is 42.5 Å². The zero-order valence-corrected chi connectivity index (χ0v) is 14.0. The molecule has 2 heterocycles. The molecule has 3 atom stereocenters. The number of hydrogen-bond donors (Lipinski definition) is 1. The van der Waals surface area contributed by atoms with E-state index in [0.717, 1.165) is 19.4 Å². The van der Waals surface area contributed by atoms with Crippen molar-refractivity contribution in [1.82, 2.24) is 0 Å². The van der Waals surface area contributed by atoms with Crippen LogP contribution in [0, 0.1) is 12.8 Å². The van der Waals surface area contributed by atoms with Gasteiger partial charge in [-0.1, -0.05) is 48.9 Å². The van der Waals surface area contributed by atoms with Crippen molar-refractivity contribution >= 4 is 5.69 Å². The van der Waals surface area contributed by atoms with Gasteiger partial charge in [-0.25, -0.2) is 0 Å². The summed E-state index contributed by atoms with van der Waals surface area (Å²) >= 11 is 0. The summed E-state index contributed by atoms with van der Waals surface area (Å²) in [5, 5.41) is 3.80. The zero-order chi connectivity index (χ0) is 15.8. The van der Waals surface area contributed by atoms with Crippen LogP contribution in [0.5, 0.6) is 0 Å². The highest BCUT2D eigenvalue weighted by Crippen LogP contribution is 2.49. The predicted molar refractivity (Wildman–Crippen MR) is 94.8 cm³/mol. The summed E-state index contributed by atoms with van der Waals surface area (Å²) in [6, 6.07) is 16.2. The first-order valence-electron chi connectivity index (χ1n) is 8.84. The summed E-state index contributed by atoms with van der Waals surface area (Å²) in [6.07, 6.45) is 3.71. The fourth-order valence-electron chi connectivity index (χ4n) is 4.08. The highest BCUT2D eigenvalue weighted by molar-refractivity contribution is 5.58. The highest BCUT2D eigenvalue weighted by Gasteiger charge is 2.39. The average molecular weight is 307 g/mol. The minimum Gasteiger partial charge on any atom is -0.378 e. The molecule has 4 rings (SSSR count). The quantitative estimate of drug-likeness (QED) is 0.824. The molecule has 0 aromatic heterocycles. The topological polar surface area (TPSA) is 21.3 Å². The number of benzene rings is 2. The van der Waals surface area contributed by atoms with E-state index in [1.54, 1.807) is 0 Å². The van der Waals surface area contributed by atoms with Gasteiger partial charge in [0.05, 0.1) is 12.1 Å². The van der Waals surface area contributed by atoms with Crippen molar-refractivity contribution in [2.45, 2.75) is 45.3 Å². The largest absolute Gasteiger partial charge is 0.378 e. The molecule has 120 valence electrons. The molecule has 1 N–H and O–H groups in total. The molecule has 2 aliphatic rings. The van der Waals surface area contributed by atoms with Crippen LogP contribution in [0.1, 0.15) is 54.2 Å². The van der Waals surface area contributed by atoms with E-state index in [1.807, 2.05) is 0 Å². The fourth-order valence-corrected chi connectivity index (χ4v) is 4.08. The summed E-state index contributed by atoms with van der Waals surface area (Å²) < 4.78 is 6.22. The fraction of sp³-hybridized carbons (Fsp3) is 0.429. The van der Waals surface area contributed by atoms with Gasteiger partial charge in [0.2, 0.25) is 0 Å². The number of aryl methyl sites for hydroxylation is 2. The summed E-state index contributed by atoms with van der Waals surface area (Å²) in [4.78, 5) is 0.